The first-order valence-electron chi connectivity index (χ1n) is 7.98. The maximum absolute atomic E-state index is 13.2. The lowest BCUT2D eigenvalue weighted by Crippen LogP contribution is -1.97. The monoisotopic (exact) mass is 431 g/mol. The lowest BCUT2D eigenvalue weighted by Gasteiger charge is -2.09. The van der Waals surface area contributed by atoms with Crippen LogP contribution >= 0.6 is 27.5 Å². The van der Waals surface area contributed by atoms with E-state index in [4.69, 9.17) is 16.3 Å². The van der Waals surface area contributed by atoms with Crippen LogP contribution in [0.4, 0.5) is 10.1 Å². The summed E-state index contributed by atoms with van der Waals surface area (Å²) < 4.78 is 19.8. The van der Waals surface area contributed by atoms with Gasteiger partial charge >= 0.3 is 0 Å². The second kappa shape index (κ2) is 8.47. The van der Waals surface area contributed by atoms with Crippen molar-refractivity contribution in [3.8, 4) is 5.75 Å². The summed E-state index contributed by atoms with van der Waals surface area (Å²) in [6.45, 7) is 2.29. The molecule has 5 heteroatoms. The van der Waals surface area contributed by atoms with Gasteiger partial charge in [0.15, 0.2) is 0 Å². The van der Waals surface area contributed by atoms with Gasteiger partial charge in [-0.05, 0) is 82.0 Å². The van der Waals surface area contributed by atoms with Crippen LogP contribution in [0.15, 0.2) is 70.1 Å². The van der Waals surface area contributed by atoms with Gasteiger partial charge in [0, 0.05) is 11.2 Å². The van der Waals surface area contributed by atoms with Crippen LogP contribution in [0.5, 0.6) is 5.75 Å². The Kier molecular flexibility index (Phi) is 6.07. The molecule has 3 rings (SSSR count). The van der Waals surface area contributed by atoms with E-state index in [-0.39, 0.29) is 5.82 Å². The van der Waals surface area contributed by atoms with Crippen LogP contribution in [-0.2, 0) is 6.61 Å². The molecular weight excluding hydrogens is 417 g/mol. The van der Waals surface area contributed by atoms with Crippen LogP contribution < -0.4 is 4.74 Å². The van der Waals surface area contributed by atoms with E-state index in [1.807, 2.05) is 49.4 Å². The van der Waals surface area contributed by atoms with E-state index >= 15 is 0 Å². The van der Waals surface area contributed by atoms with Gasteiger partial charge in [-0.25, -0.2) is 4.39 Å². The zero-order valence-electron chi connectivity index (χ0n) is 14.0. The molecular formula is C21H16BrClFNO. The van der Waals surface area contributed by atoms with E-state index in [1.54, 1.807) is 12.3 Å². The zero-order chi connectivity index (χ0) is 18.5. The van der Waals surface area contributed by atoms with Crippen LogP contribution in [0.3, 0.4) is 0 Å². The molecule has 26 heavy (non-hydrogen) atoms. The third-order valence-corrected chi connectivity index (χ3v) is 4.62. The van der Waals surface area contributed by atoms with Crippen molar-refractivity contribution in [2.45, 2.75) is 13.5 Å². The third kappa shape index (κ3) is 4.93. The fourth-order valence-electron chi connectivity index (χ4n) is 2.37. The smallest absolute Gasteiger partial charge is 0.134 e. The molecule has 0 bridgehead atoms. The van der Waals surface area contributed by atoms with Gasteiger partial charge in [0.25, 0.3) is 0 Å². The molecule has 0 amide bonds. The summed E-state index contributed by atoms with van der Waals surface area (Å²) in [6, 6.07) is 17.7. The molecule has 0 saturated carbocycles. The molecule has 0 fully saturated rings. The third-order valence-electron chi connectivity index (χ3n) is 3.76. The topological polar surface area (TPSA) is 21.6 Å². The van der Waals surface area contributed by atoms with Crippen LogP contribution in [-0.4, -0.2) is 6.21 Å². The fraction of sp³-hybridized carbons (Fsp3) is 0.0952. The van der Waals surface area contributed by atoms with E-state index in [2.05, 4.69) is 20.9 Å². The van der Waals surface area contributed by atoms with E-state index in [9.17, 15) is 4.39 Å². The predicted molar refractivity (Wildman–Crippen MR) is 108 cm³/mol. The average Bonchev–Trinajstić information content (AvgIpc) is 2.62. The number of hydrogen-bond donors (Lipinski definition) is 0. The fourth-order valence-corrected chi connectivity index (χ4v) is 3.05. The summed E-state index contributed by atoms with van der Waals surface area (Å²) >= 11 is 9.52. The van der Waals surface area contributed by atoms with E-state index in [1.165, 1.54) is 12.1 Å². The maximum Gasteiger partial charge on any atom is 0.134 e. The largest absolute Gasteiger partial charge is 0.488 e. The van der Waals surface area contributed by atoms with E-state index in [0.717, 1.165) is 26.9 Å². The number of nitrogens with zero attached hydrogens (tertiary/aromatic N) is 1. The van der Waals surface area contributed by atoms with Crippen LogP contribution in [0.25, 0.3) is 0 Å². The average molecular weight is 433 g/mol. The van der Waals surface area contributed by atoms with Crippen molar-refractivity contribution in [1.82, 2.24) is 0 Å². The molecule has 0 N–H and O–H groups in total. The molecule has 0 heterocycles. The molecule has 0 aromatic heterocycles. The van der Waals surface area contributed by atoms with Gasteiger partial charge in [-0.3, -0.25) is 4.99 Å². The highest BCUT2D eigenvalue weighted by Gasteiger charge is 2.04. The molecule has 0 spiro atoms. The van der Waals surface area contributed by atoms with Crippen molar-refractivity contribution in [2.24, 2.45) is 4.99 Å². The van der Waals surface area contributed by atoms with Crippen molar-refractivity contribution in [2.75, 3.05) is 0 Å². The summed E-state index contributed by atoms with van der Waals surface area (Å²) in [5, 5.41) is 0.657. The first kappa shape index (κ1) is 18.6. The lowest BCUT2D eigenvalue weighted by molar-refractivity contribution is 0.303. The Balaban J connectivity index is 1.71. The van der Waals surface area contributed by atoms with E-state index in [0.29, 0.717) is 17.4 Å². The Hall–Kier alpha value is -2.17. The van der Waals surface area contributed by atoms with Gasteiger partial charge in [0.2, 0.25) is 0 Å². The molecule has 0 saturated heterocycles. The number of aryl methyl sites for hydroxylation is 1. The second-order valence-corrected chi connectivity index (χ2v) is 7.09. The number of benzene rings is 3. The molecule has 0 aliphatic heterocycles. The Morgan fingerprint density at radius 2 is 1.96 bits per heavy atom. The highest BCUT2D eigenvalue weighted by atomic mass is 79.9. The highest BCUT2D eigenvalue weighted by molar-refractivity contribution is 9.10. The number of aliphatic imine (C=N–C) groups is 1. The number of rotatable bonds is 5. The molecule has 3 aromatic carbocycles. The Labute approximate surface area is 165 Å². The van der Waals surface area contributed by atoms with Gasteiger partial charge < -0.3 is 4.74 Å². The summed E-state index contributed by atoms with van der Waals surface area (Å²) in [6.07, 6.45) is 1.78. The number of ether oxygens (including phenoxy) is 1. The Morgan fingerprint density at radius 3 is 2.73 bits per heavy atom. The maximum atomic E-state index is 13.2. The standard InChI is InChI=1S/C21H16BrClFNO/c1-14-5-7-17(23)11-20(14)25-12-15-6-8-21(19(22)10-15)26-13-16-3-2-4-18(24)9-16/h2-12H,13H2,1H3. The molecule has 0 atom stereocenters. The highest BCUT2D eigenvalue weighted by Crippen LogP contribution is 2.27. The molecule has 132 valence electrons. The number of hydrogen-bond acceptors (Lipinski definition) is 2. The zero-order valence-corrected chi connectivity index (χ0v) is 16.4. The van der Waals surface area contributed by atoms with Gasteiger partial charge in [-0.2, -0.15) is 0 Å². The van der Waals surface area contributed by atoms with Crippen molar-refractivity contribution < 1.29 is 9.13 Å². The summed E-state index contributed by atoms with van der Waals surface area (Å²) in [5.41, 5.74) is 3.59. The quantitative estimate of drug-likeness (QED) is 0.403. The minimum atomic E-state index is -0.270. The SMILES string of the molecule is Cc1ccc(Cl)cc1N=Cc1ccc(OCc2cccc(F)c2)c(Br)c1. The summed E-state index contributed by atoms with van der Waals surface area (Å²) in [5.74, 6) is 0.415. The predicted octanol–water partition coefficient (Wildman–Crippen LogP) is 6.88. The van der Waals surface area contributed by atoms with Crippen molar-refractivity contribution in [3.63, 3.8) is 0 Å². The van der Waals surface area contributed by atoms with Gasteiger partial charge in [0.05, 0.1) is 10.2 Å². The van der Waals surface area contributed by atoms with Gasteiger partial charge in [-0.15, -0.1) is 0 Å². The first-order valence-corrected chi connectivity index (χ1v) is 9.15. The molecule has 2 nitrogen and oxygen atoms in total. The minimum absolute atomic E-state index is 0.270. The van der Waals surface area contributed by atoms with Crippen molar-refractivity contribution in [1.29, 1.82) is 0 Å². The van der Waals surface area contributed by atoms with Crippen molar-refractivity contribution in [3.05, 3.63) is 92.7 Å². The molecule has 0 unspecified atom stereocenters. The van der Waals surface area contributed by atoms with E-state index < -0.39 is 0 Å². The van der Waals surface area contributed by atoms with Gasteiger partial charge in [0.1, 0.15) is 18.2 Å². The Bertz CT molecular complexity index is 958. The molecule has 3 aromatic rings. The summed E-state index contributed by atoms with van der Waals surface area (Å²) in [7, 11) is 0. The molecule has 0 radical (unpaired) electrons. The lowest BCUT2D eigenvalue weighted by atomic mass is 10.2. The van der Waals surface area contributed by atoms with Gasteiger partial charge in [-0.1, -0.05) is 29.8 Å². The Morgan fingerprint density at radius 1 is 1.12 bits per heavy atom. The first-order chi connectivity index (χ1) is 12.5. The molecule has 0 aliphatic rings. The van der Waals surface area contributed by atoms with Crippen molar-refractivity contribution >= 4 is 39.4 Å². The second-order valence-electron chi connectivity index (χ2n) is 5.80. The van der Waals surface area contributed by atoms with Crippen LogP contribution in [0.2, 0.25) is 5.02 Å². The van der Waals surface area contributed by atoms with Crippen LogP contribution in [0, 0.1) is 12.7 Å². The minimum Gasteiger partial charge on any atom is -0.488 e. The summed E-state index contributed by atoms with van der Waals surface area (Å²) in [4.78, 5) is 4.50. The normalized spacial score (nSPS) is 11.1. The van der Waals surface area contributed by atoms with Crippen LogP contribution in [0.1, 0.15) is 16.7 Å². The number of halogens is 3. The molecule has 0 aliphatic carbocycles.